The number of nitrogens with one attached hydrogen (secondary N) is 1. The molecule has 1 aliphatic heterocycles. The molecule has 0 spiro atoms. The van der Waals surface area contributed by atoms with Gasteiger partial charge in [0, 0.05) is 25.2 Å². The minimum absolute atomic E-state index is 0.135. The molecule has 2 N–H and O–H groups in total. The first kappa shape index (κ1) is 38.1. The van der Waals surface area contributed by atoms with E-state index >= 15 is 0 Å². The zero-order valence-corrected chi connectivity index (χ0v) is 28.1. The Hall–Kier alpha value is -5.34. The third-order valence-electron chi connectivity index (χ3n) is 7.80. The zero-order valence-electron chi connectivity index (χ0n) is 28.1. The number of carbonyl (C=O) groups excluding carboxylic acids is 5. The van der Waals surface area contributed by atoms with E-state index in [4.69, 9.17) is 24.1 Å². The van der Waals surface area contributed by atoms with Crippen molar-refractivity contribution in [3.63, 3.8) is 0 Å². The van der Waals surface area contributed by atoms with Crippen LogP contribution in [0, 0.1) is 5.41 Å². The Morgan fingerprint density at radius 1 is 1.08 bits per heavy atom. The van der Waals surface area contributed by atoms with Crippen molar-refractivity contribution in [3.05, 3.63) is 54.5 Å². The number of Topliss-reactive ketones (excluding diaryl/α,β-unsaturated/α-hetero) is 1. The van der Waals surface area contributed by atoms with Gasteiger partial charge in [-0.1, -0.05) is 12.6 Å². The number of carboxylic acids is 1. The number of esters is 2. The third-order valence-corrected chi connectivity index (χ3v) is 7.80. The van der Waals surface area contributed by atoms with Crippen LogP contribution in [-0.2, 0) is 44.7 Å². The molecule has 264 valence electrons. The van der Waals surface area contributed by atoms with E-state index in [1.165, 1.54) is 45.4 Å². The number of piperidine rings is 1. The number of aryl methyl sites for hydroxylation is 1. The number of likely N-dealkylation sites (tertiary alicyclic amines) is 1. The van der Waals surface area contributed by atoms with Crippen molar-refractivity contribution in [1.29, 1.82) is 0 Å². The van der Waals surface area contributed by atoms with Gasteiger partial charge in [0.15, 0.2) is 17.3 Å². The number of nitrogens with zero attached hydrogens (tertiary/aromatic N) is 3. The van der Waals surface area contributed by atoms with Crippen LogP contribution in [0.5, 0.6) is 11.5 Å². The summed E-state index contributed by atoms with van der Waals surface area (Å²) in [5.74, 6) is -3.77. The fraction of sp³-hybridized carbons (Fsp3) is 0.471. The molecule has 2 atom stereocenters. The maximum Gasteiger partial charge on any atom is 0.330 e. The van der Waals surface area contributed by atoms with Gasteiger partial charge in [0.2, 0.25) is 11.7 Å². The standard InChI is InChI=1S/C34H42N4O11/c1-6-30(42)48-20-34(2,3)31(43)32(44)38-16-8-7-9-23(38)33(45)49-24(21-10-12-25(46-4)26(17-21)47-5)13-11-22-18-35-19-27(36-22)37-28(39)14-15-29(40)41/h6,10,12,17-19,23-24H,1,7-9,11,13-16,20H2,2-5H3,(H,40,41)(H,36,37,39)/t23-,24+/m0/s1. The molecule has 1 aromatic carbocycles. The summed E-state index contributed by atoms with van der Waals surface area (Å²) in [5, 5.41) is 11.4. The molecular formula is C34H42N4O11. The molecule has 15 nitrogen and oxygen atoms in total. The monoisotopic (exact) mass is 682 g/mol. The quantitative estimate of drug-likeness (QED) is 0.140. The fourth-order valence-corrected chi connectivity index (χ4v) is 5.07. The summed E-state index contributed by atoms with van der Waals surface area (Å²) in [6.07, 6.45) is 4.26. The van der Waals surface area contributed by atoms with Crippen LogP contribution in [0.4, 0.5) is 5.82 Å². The van der Waals surface area contributed by atoms with Crippen LogP contribution in [0.2, 0.25) is 0 Å². The highest BCUT2D eigenvalue weighted by molar-refractivity contribution is 6.38. The first-order chi connectivity index (χ1) is 23.3. The molecule has 1 aromatic heterocycles. The number of carboxylic acid groups (broad SMARTS) is 1. The van der Waals surface area contributed by atoms with E-state index in [1.54, 1.807) is 18.2 Å². The van der Waals surface area contributed by atoms with Crippen LogP contribution >= 0.6 is 0 Å². The van der Waals surface area contributed by atoms with Gasteiger partial charge in [-0.25, -0.2) is 14.6 Å². The van der Waals surface area contributed by atoms with Crippen LogP contribution in [0.15, 0.2) is 43.2 Å². The van der Waals surface area contributed by atoms with E-state index < -0.39 is 53.1 Å². The number of anilines is 1. The average Bonchev–Trinajstić information content (AvgIpc) is 3.10. The Kier molecular flexibility index (Phi) is 13.8. The van der Waals surface area contributed by atoms with Crippen molar-refractivity contribution in [1.82, 2.24) is 14.9 Å². The van der Waals surface area contributed by atoms with Crippen LogP contribution in [0.25, 0.3) is 0 Å². The van der Waals surface area contributed by atoms with Crippen molar-refractivity contribution in [3.8, 4) is 11.5 Å². The number of carbonyl (C=O) groups is 6. The van der Waals surface area contributed by atoms with Gasteiger partial charge in [0.05, 0.1) is 37.9 Å². The highest BCUT2D eigenvalue weighted by Gasteiger charge is 2.42. The second kappa shape index (κ2) is 17.7. The number of benzene rings is 1. The smallest absolute Gasteiger partial charge is 0.330 e. The molecule has 0 bridgehead atoms. The third kappa shape index (κ3) is 10.8. The van der Waals surface area contributed by atoms with Gasteiger partial charge in [0.25, 0.3) is 5.91 Å². The van der Waals surface area contributed by atoms with E-state index in [0.29, 0.717) is 35.6 Å². The lowest BCUT2D eigenvalue weighted by Crippen LogP contribution is -2.53. The van der Waals surface area contributed by atoms with E-state index in [0.717, 1.165) is 6.08 Å². The first-order valence-electron chi connectivity index (χ1n) is 15.7. The number of ketones is 1. The molecule has 15 heteroatoms. The van der Waals surface area contributed by atoms with E-state index in [-0.39, 0.29) is 51.1 Å². The predicted octanol–water partition coefficient (Wildman–Crippen LogP) is 3.22. The zero-order chi connectivity index (χ0) is 36.1. The van der Waals surface area contributed by atoms with Gasteiger partial charge in [-0.3, -0.25) is 24.2 Å². The summed E-state index contributed by atoms with van der Waals surface area (Å²) in [5.41, 5.74) is -0.334. The second-order valence-corrected chi connectivity index (χ2v) is 12.0. The van der Waals surface area contributed by atoms with Gasteiger partial charge in [-0.2, -0.15) is 0 Å². The summed E-state index contributed by atoms with van der Waals surface area (Å²) >= 11 is 0. The summed E-state index contributed by atoms with van der Waals surface area (Å²) < 4.78 is 21.9. The second-order valence-electron chi connectivity index (χ2n) is 12.0. The Balaban J connectivity index is 1.83. The lowest BCUT2D eigenvalue weighted by atomic mass is 9.87. The molecule has 1 saturated heterocycles. The number of ether oxygens (including phenoxy) is 4. The summed E-state index contributed by atoms with van der Waals surface area (Å²) in [6, 6.07) is 4.01. The molecule has 1 fully saturated rings. The molecule has 0 radical (unpaired) electrons. The molecule has 2 heterocycles. The Bertz CT molecular complexity index is 1560. The number of aliphatic carboxylic acids is 1. The minimum atomic E-state index is -1.35. The molecule has 2 aromatic rings. The number of rotatable bonds is 17. The van der Waals surface area contributed by atoms with Crippen molar-refractivity contribution in [2.75, 3.05) is 32.7 Å². The topological polar surface area (TPSA) is 201 Å². The summed E-state index contributed by atoms with van der Waals surface area (Å²) in [4.78, 5) is 84.8. The molecule has 1 aliphatic rings. The molecule has 0 unspecified atom stereocenters. The fourth-order valence-electron chi connectivity index (χ4n) is 5.07. The first-order valence-corrected chi connectivity index (χ1v) is 15.7. The van der Waals surface area contributed by atoms with Gasteiger partial charge in [0.1, 0.15) is 18.8 Å². The van der Waals surface area contributed by atoms with Crippen LogP contribution in [0.3, 0.4) is 0 Å². The van der Waals surface area contributed by atoms with Crippen LogP contribution in [0.1, 0.15) is 69.7 Å². The SMILES string of the molecule is C=CC(=O)OCC(C)(C)C(=O)C(=O)N1CCCC[C@H]1C(=O)O[C@H](CCc1cncc(NC(=O)CCC(=O)O)n1)c1ccc(OC)c(OC)c1. The predicted molar refractivity (Wildman–Crippen MR) is 174 cm³/mol. The summed E-state index contributed by atoms with van der Waals surface area (Å²) in [6.45, 7) is 6.10. The average molecular weight is 683 g/mol. The van der Waals surface area contributed by atoms with Gasteiger partial charge < -0.3 is 34.3 Å². The number of methoxy groups -OCH3 is 2. The number of hydrogen-bond acceptors (Lipinski definition) is 12. The van der Waals surface area contributed by atoms with E-state index in [9.17, 15) is 28.8 Å². The lowest BCUT2D eigenvalue weighted by Gasteiger charge is -2.36. The Labute approximate surface area is 284 Å². The molecule has 3 rings (SSSR count). The van der Waals surface area contributed by atoms with Crippen LogP contribution < -0.4 is 14.8 Å². The highest BCUT2D eigenvalue weighted by Crippen LogP contribution is 2.34. The van der Waals surface area contributed by atoms with Crippen molar-refractivity contribution in [2.45, 2.75) is 70.9 Å². The largest absolute Gasteiger partial charge is 0.493 e. The van der Waals surface area contributed by atoms with Gasteiger partial charge in [-0.05, 0) is 63.6 Å². The normalized spacial score (nSPS) is 14.9. The molecular weight excluding hydrogens is 640 g/mol. The molecule has 0 saturated carbocycles. The number of hydrogen-bond donors (Lipinski definition) is 2. The Morgan fingerprint density at radius 3 is 2.49 bits per heavy atom. The van der Waals surface area contributed by atoms with E-state index in [2.05, 4.69) is 21.9 Å². The number of amides is 2. The summed E-state index contributed by atoms with van der Waals surface area (Å²) in [7, 11) is 2.96. The molecule has 49 heavy (non-hydrogen) atoms. The molecule has 2 amide bonds. The molecule has 0 aliphatic carbocycles. The maximum atomic E-state index is 13.8. The van der Waals surface area contributed by atoms with Gasteiger partial charge in [-0.15, -0.1) is 0 Å². The number of aromatic nitrogens is 2. The highest BCUT2D eigenvalue weighted by atomic mass is 16.5. The van der Waals surface area contributed by atoms with Gasteiger partial charge >= 0.3 is 17.9 Å². The lowest BCUT2D eigenvalue weighted by molar-refractivity contribution is -0.165. The minimum Gasteiger partial charge on any atom is -0.493 e. The van der Waals surface area contributed by atoms with Crippen molar-refractivity contribution < 1.29 is 52.8 Å². The van der Waals surface area contributed by atoms with Crippen LogP contribution in [-0.4, -0.2) is 88.9 Å². The maximum absolute atomic E-state index is 13.8. The van der Waals surface area contributed by atoms with Crippen molar-refractivity contribution >= 4 is 41.3 Å². The van der Waals surface area contributed by atoms with Crippen molar-refractivity contribution in [2.24, 2.45) is 5.41 Å². The van der Waals surface area contributed by atoms with E-state index in [1.807, 2.05) is 0 Å². The Morgan fingerprint density at radius 2 is 1.82 bits per heavy atom.